The molecule has 0 aliphatic carbocycles. The summed E-state index contributed by atoms with van der Waals surface area (Å²) in [6.45, 7) is 4.83. The van der Waals surface area contributed by atoms with Gasteiger partial charge >= 0.3 is 6.03 Å². The average Bonchev–Trinajstić information content (AvgIpc) is 2.41. The molecule has 1 fully saturated rings. The summed E-state index contributed by atoms with van der Waals surface area (Å²) in [5.74, 6) is 0. The van der Waals surface area contributed by atoms with Gasteiger partial charge in [-0.05, 0) is 44.7 Å². The first-order valence-electron chi connectivity index (χ1n) is 7.37. The Morgan fingerprint density at radius 2 is 1.90 bits per heavy atom. The molecule has 0 unspecified atom stereocenters. The van der Waals surface area contributed by atoms with E-state index in [1.165, 1.54) is 6.42 Å². The van der Waals surface area contributed by atoms with E-state index in [9.17, 15) is 4.79 Å². The van der Waals surface area contributed by atoms with Crippen molar-refractivity contribution in [2.75, 3.05) is 12.8 Å². The molecule has 0 saturated carbocycles. The molecule has 1 aliphatic heterocycles. The van der Waals surface area contributed by atoms with Crippen LogP contribution >= 0.6 is 0 Å². The molecule has 2 N–H and O–H groups in total. The van der Waals surface area contributed by atoms with Crippen LogP contribution < -0.4 is 5.73 Å². The molecule has 0 spiro atoms. The van der Waals surface area contributed by atoms with Crippen LogP contribution in [0.5, 0.6) is 0 Å². The molecule has 1 aliphatic rings. The highest BCUT2D eigenvalue weighted by atomic mass is 16.2. The SMILES string of the molecule is C[C@H]1CCC[C@H](C)N1C(=O)N(C)Cc1ccccc1N. The van der Waals surface area contributed by atoms with Gasteiger partial charge < -0.3 is 15.5 Å². The fraction of sp³-hybridized carbons (Fsp3) is 0.562. The van der Waals surface area contributed by atoms with Crippen molar-refractivity contribution in [3.8, 4) is 0 Å². The lowest BCUT2D eigenvalue weighted by molar-refractivity contribution is 0.0969. The monoisotopic (exact) mass is 275 g/mol. The fourth-order valence-electron chi connectivity index (χ4n) is 3.00. The number of urea groups is 1. The van der Waals surface area contributed by atoms with Gasteiger partial charge in [-0.2, -0.15) is 0 Å². The third-order valence-electron chi connectivity index (χ3n) is 4.20. The second-order valence-corrected chi connectivity index (χ2v) is 5.87. The van der Waals surface area contributed by atoms with E-state index in [1.54, 1.807) is 4.90 Å². The minimum absolute atomic E-state index is 0.105. The number of amides is 2. The van der Waals surface area contributed by atoms with Gasteiger partial charge in [0.1, 0.15) is 0 Å². The first-order valence-corrected chi connectivity index (χ1v) is 7.37. The van der Waals surface area contributed by atoms with Crippen molar-refractivity contribution in [2.24, 2.45) is 0 Å². The number of hydrogen-bond donors (Lipinski definition) is 1. The van der Waals surface area contributed by atoms with Gasteiger partial charge in [0.05, 0.1) is 0 Å². The summed E-state index contributed by atoms with van der Waals surface area (Å²) < 4.78 is 0. The summed E-state index contributed by atoms with van der Waals surface area (Å²) in [6.07, 6.45) is 3.40. The number of carbonyl (C=O) groups is 1. The van der Waals surface area contributed by atoms with Crippen LogP contribution in [-0.4, -0.2) is 35.0 Å². The van der Waals surface area contributed by atoms with Crippen molar-refractivity contribution in [1.29, 1.82) is 0 Å². The van der Waals surface area contributed by atoms with E-state index in [0.29, 0.717) is 18.6 Å². The highest BCUT2D eigenvalue weighted by molar-refractivity contribution is 5.75. The highest BCUT2D eigenvalue weighted by Gasteiger charge is 2.30. The first-order chi connectivity index (χ1) is 9.50. The molecule has 20 heavy (non-hydrogen) atoms. The second kappa shape index (κ2) is 6.16. The lowest BCUT2D eigenvalue weighted by Gasteiger charge is -2.41. The van der Waals surface area contributed by atoms with Crippen molar-refractivity contribution in [2.45, 2.75) is 51.7 Å². The number of nitrogens with zero attached hydrogens (tertiary/aromatic N) is 2. The number of nitrogen functional groups attached to an aromatic ring is 1. The molecular weight excluding hydrogens is 250 g/mol. The van der Waals surface area contributed by atoms with Gasteiger partial charge in [0.25, 0.3) is 0 Å². The van der Waals surface area contributed by atoms with Crippen molar-refractivity contribution < 1.29 is 4.79 Å². The van der Waals surface area contributed by atoms with Crippen LogP contribution in [0.15, 0.2) is 24.3 Å². The summed E-state index contributed by atoms with van der Waals surface area (Å²) in [5.41, 5.74) is 7.69. The molecule has 1 aromatic rings. The quantitative estimate of drug-likeness (QED) is 0.843. The van der Waals surface area contributed by atoms with Crippen molar-refractivity contribution in [3.05, 3.63) is 29.8 Å². The van der Waals surface area contributed by atoms with Crippen molar-refractivity contribution in [1.82, 2.24) is 9.80 Å². The topological polar surface area (TPSA) is 49.6 Å². The van der Waals surface area contributed by atoms with E-state index in [1.807, 2.05) is 36.2 Å². The molecule has 4 nitrogen and oxygen atoms in total. The Morgan fingerprint density at radius 3 is 2.50 bits per heavy atom. The van der Waals surface area contributed by atoms with E-state index < -0.39 is 0 Å². The van der Waals surface area contributed by atoms with E-state index in [0.717, 1.165) is 24.1 Å². The molecule has 1 saturated heterocycles. The van der Waals surface area contributed by atoms with E-state index in [4.69, 9.17) is 5.73 Å². The Hall–Kier alpha value is -1.71. The third-order valence-corrected chi connectivity index (χ3v) is 4.20. The minimum atomic E-state index is 0.105. The predicted octanol–water partition coefficient (Wildman–Crippen LogP) is 3.08. The van der Waals surface area contributed by atoms with Crippen LogP contribution in [0.1, 0.15) is 38.7 Å². The average molecular weight is 275 g/mol. The van der Waals surface area contributed by atoms with Gasteiger partial charge in [-0.3, -0.25) is 0 Å². The Kier molecular flexibility index (Phi) is 4.53. The van der Waals surface area contributed by atoms with E-state index in [2.05, 4.69) is 13.8 Å². The standard InChI is InChI=1S/C16H25N3O/c1-12-7-6-8-13(2)19(12)16(20)18(3)11-14-9-4-5-10-15(14)17/h4-5,9-10,12-13H,6-8,11,17H2,1-3H3/t12-,13-/m0/s1. The zero-order valence-corrected chi connectivity index (χ0v) is 12.7. The lowest BCUT2D eigenvalue weighted by atomic mass is 9.98. The van der Waals surface area contributed by atoms with Gasteiger partial charge in [-0.1, -0.05) is 18.2 Å². The summed E-state index contributed by atoms with van der Waals surface area (Å²) in [6, 6.07) is 8.46. The van der Waals surface area contributed by atoms with Gasteiger partial charge in [0, 0.05) is 31.4 Å². The van der Waals surface area contributed by atoms with Crippen LogP contribution in [0.4, 0.5) is 10.5 Å². The normalized spacial score (nSPS) is 22.6. The number of carbonyl (C=O) groups excluding carboxylic acids is 1. The Bertz CT molecular complexity index is 465. The number of rotatable bonds is 2. The van der Waals surface area contributed by atoms with E-state index >= 15 is 0 Å². The van der Waals surface area contributed by atoms with Crippen LogP contribution in [0.2, 0.25) is 0 Å². The molecule has 1 heterocycles. The molecule has 2 rings (SSSR count). The number of piperidine rings is 1. The lowest BCUT2D eigenvalue weighted by Crippen LogP contribution is -2.52. The second-order valence-electron chi connectivity index (χ2n) is 5.87. The van der Waals surface area contributed by atoms with Crippen molar-refractivity contribution in [3.63, 3.8) is 0 Å². The number of hydrogen-bond acceptors (Lipinski definition) is 2. The summed E-state index contributed by atoms with van der Waals surface area (Å²) >= 11 is 0. The van der Waals surface area contributed by atoms with Crippen LogP contribution in [0.3, 0.4) is 0 Å². The maximum absolute atomic E-state index is 12.6. The number of para-hydroxylation sites is 1. The maximum Gasteiger partial charge on any atom is 0.320 e. The van der Waals surface area contributed by atoms with Crippen LogP contribution in [0, 0.1) is 0 Å². The molecule has 0 bridgehead atoms. The largest absolute Gasteiger partial charge is 0.398 e. The number of anilines is 1. The first kappa shape index (κ1) is 14.7. The molecular formula is C16H25N3O. The van der Waals surface area contributed by atoms with E-state index in [-0.39, 0.29) is 6.03 Å². The highest BCUT2D eigenvalue weighted by Crippen LogP contribution is 2.24. The molecule has 2 amide bonds. The van der Waals surface area contributed by atoms with Crippen LogP contribution in [-0.2, 0) is 6.54 Å². The maximum atomic E-state index is 12.6. The smallest absolute Gasteiger partial charge is 0.320 e. The zero-order chi connectivity index (χ0) is 14.7. The van der Waals surface area contributed by atoms with Crippen LogP contribution in [0.25, 0.3) is 0 Å². The van der Waals surface area contributed by atoms with Gasteiger partial charge in [-0.15, -0.1) is 0 Å². The van der Waals surface area contributed by atoms with Gasteiger partial charge in [-0.25, -0.2) is 4.79 Å². The molecule has 110 valence electrons. The zero-order valence-electron chi connectivity index (χ0n) is 12.7. The summed E-state index contributed by atoms with van der Waals surface area (Å²) in [4.78, 5) is 16.4. The van der Waals surface area contributed by atoms with Gasteiger partial charge in [0.15, 0.2) is 0 Å². The molecule has 0 aromatic heterocycles. The van der Waals surface area contributed by atoms with Gasteiger partial charge in [0.2, 0.25) is 0 Å². The molecule has 2 atom stereocenters. The Balaban J connectivity index is 2.06. The Labute approximate surface area is 121 Å². The van der Waals surface area contributed by atoms with Crippen molar-refractivity contribution >= 4 is 11.7 Å². The fourth-order valence-corrected chi connectivity index (χ4v) is 3.00. The Morgan fingerprint density at radius 1 is 1.30 bits per heavy atom. The minimum Gasteiger partial charge on any atom is -0.398 e. The third kappa shape index (κ3) is 3.06. The summed E-state index contributed by atoms with van der Waals surface area (Å²) in [7, 11) is 1.85. The summed E-state index contributed by atoms with van der Waals surface area (Å²) in [5, 5.41) is 0. The number of benzene rings is 1. The molecule has 0 radical (unpaired) electrons. The number of nitrogens with two attached hydrogens (primary N) is 1. The molecule has 1 aromatic carbocycles. The number of likely N-dealkylation sites (tertiary alicyclic amines) is 1. The molecule has 4 heteroatoms. The predicted molar refractivity (Wildman–Crippen MR) is 82.3 cm³/mol.